The van der Waals surface area contributed by atoms with Gasteiger partial charge < -0.3 is 15.5 Å². The van der Waals surface area contributed by atoms with E-state index in [2.05, 4.69) is 44.4 Å². The minimum Gasteiger partial charge on any atom is -0.382 e. The third-order valence-electron chi connectivity index (χ3n) is 4.60. The summed E-state index contributed by atoms with van der Waals surface area (Å²) in [6, 6.07) is 6.71. The molecular formula is C18H31Cl2N3O. The van der Waals surface area contributed by atoms with Crippen LogP contribution < -0.4 is 10.6 Å². The molecule has 1 aliphatic rings. The second-order valence-electron chi connectivity index (χ2n) is 6.76. The normalized spacial score (nSPS) is 18.4. The van der Waals surface area contributed by atoms with E-state index < -0.39 is 0 Å². The van der Waals surface area contributed by atoms with Crippen molar-refractivity contribution in [2.24, 2.45) is 5.92 Å². The van der Waals surface area contributed by atoms with Gasteiger partial charge in [0.05, 0.1) is 0 Å². The average Bonchev–Trinajstić information content (AvgIpc) is 2.48. The molecule has 2 rings (SSSR count). The summed E-state index contributed by atoms with van der Waals surface area (Å²) in [5.74, 6) is 0.694. The van der Waals surface area contributed by atoms with Crippen molar-refractivity contribution in [3.05, 3.63) is 29.3 Å². The van der Waals surface area contributed by atoms with Crippen LogP contribution in [-0.2, 0) is 0 Å². The lowest BCUT2D eigenvalue weighted by Crippen LogP contribution is -2.51. The average molecular weight is 376 g/mol. The molecule has 0 saturated carbocycles. The highest BCUT2D eigenvalue weighted by Gasteiger charge is 2.23. The van der Waals surface area contributed by atoms with Gasteiger partial charge in [0.25, 0.3) is 5.91 Å². The standard InChI is InChI=1S/C18H29N3O.2ClH/c1-12(2)15(5)20-17-8-6-7-16(14(17)4)18(22)21-10-9-19-13(3)11-21;;/h6-8,12-13,15,19-20H,9-11H2,1-5H3;2*1H. The molecule has 1 aromatic carbocycles. The van der Waals surface area contributed by atoms with Gasteiger partial charge in [-0.25, -0.2) is 0 Å². The predicted octanol–water partition coefficient (Wildman–Crippen LogP) is 3.73. The van der Waals surface area contributed by atoms with Crippen LogP contribution in [0.4, 0.5) is 5.69 Å². The molecule has 2 N–H and O–H groups in total. The van der Waals surface area contributed by atoms with Crippen LogP contribution in [0.2, 0.25) is 0 Å². The molecule has 4 nitrogen and oxygen atoms in total. The van der Waals surface area contributed by atoms with Crippen LogP contribution >= 0.6 is 24.8 Å². The molecular weight excluding hydrogens is 345 g/mol. The van der Waals surface area contributed by atoms with Crippen LogP contribution in [0.25, 0.3) is 0 Å². The van der Waals surface area contributed by atoms with Gasteiger partial charge in [-0.1, -0.05) is 19.9 Å². The van der Waals surface area contributed by atoms with E-state index in [1.807, 2.05) is 24.0 Å². The maximum atomic E-state index is 12.8. The van der Waals surface area contributed by atoms with Crippen LogP contribution in [0.5, 0.6) is 0 Å². The third kappa shape index (κ3) is 5.54. The number of nitrogens with one attached hydrogen (secondary N) is 2. The van der Waals surface area contributed by atoms with Gasteiger partial charge in [0, 0.05) is 43.0 Å². The Kier molecular flexibility index (Phi) is 9.71. The van der Waals surface area contributed by atoms with Crippen molar-refractivity contribution in [1.29, 1.82) is 0 Å². The Labute approximate surface area is 158 Å². The summed E-state index contributed by atoms with van der Waals surface area (Å²) in [5.41, 5.74) is 2.93. The van der Waals surface area contributed by atoms with E-state index in [0.29, 0.717) is 18.0 Å². The Morgan fingerprint density at radius 2 is 1.96 bits per heavy atom. The van der Waals surface area contributed by atoms with Gasteiger partial charge in [-0.05, 0) is 44.4 Å². The van der Waals surface area contributed by atoms with Gasteiger partial charge in [-0.3, -0.25) is 4.79 Å². The molecule has 0 bridgehead atoms. The second-order valence-corrected chi connectivity index (χ2v) is 6.76. The topological polar surface area (TPSA) is 44.4 Å². The van der Waals surface area contributed by atoms with E-state index in [4.69, 9.17) is 0 Å². The van der Waals surface area contributed by atoms with Crippen molar-refractivity contribution in [3.63, 3.8) is 0 Å². The lowest BCUT2D eigenvalue weighted by molar-refractivity contribution is 0.0708. The molecule has 0 spiro atoms. The molecule has 1 amide bonds. The second kappa shape index (κ2) is 10.1. The van der Waals surface area contributed by atoms with E-state index in [1.54, 1.807) is 0 Å². The first kappa shape index (κ1) is 23.0. The zero-order valence-corrected chi connectivity index (χ0v) is 16.9. The lowest BCUT2D eigenvalue weighted by atomic mass is 10.0. The first-order valence-corrected chi connectivity index (χ1v) is 8.29. The fourth-order valence-electron chi connectivity index (χ4n) is 2.72. The first-order valence-electron chi connectivity index (χ1n) is 8.29. The highest BCUT2D eigenvalue weighted by Crippen LogP contribution is 2.23. The number of hydrogen-bond acceptors (Lipinski definition) is 3. The molecule has 1 aromatic rings. The summed E-state index contributed by atoms with van der Waals surface area (Å²) in [7, 11) is 0. The Balaban J connectivity index is 0.00000264. The molecule has 138 valence electrons. The Morgan fingerprint density at radius 3 is 2.54 bits per heavy atom. The van der Waals surface area contributed by atoms with Crippen LogP contribution in [0, 0.1) is 12.8 Å². The van der Waals surface area contributed by atoms with Crippen molar-refractivity contribution in [3.8, 4) is 0 Å². The van der Waals surface area contributed by atoms with Crippen molar-refractivity contribution >= 4 is 36.4 Å². The summed E-state index contributed by atoms with van der Waals surface area (Å²) < 4.78 is 0. The smallest absolute Gasteiger partial charge is 0.254 e. The number of rotatable bonds is 4. The van der Waals surface area contributed by atoms with E-state index >= 15 is 0 Å². The SMILES string of the molecule is Cc1c(NC(C)C(C)C)cccc1C(=O)N1CCNC(C)C1.Cl.Cl. The van der Waals surface area contributed by atoms with Gasteiger partial charge in [0.1, 0.15) is 0 Å². The van der Waals surface area contributed by atoms with Crippen LogP contribution in [0.15, 0.2) is 18.2 Å². The van der Waals surface area contributed by atoms with Crippen molar-refractivity contribution < 1.29 is 4.79 Å². The minimum absolute atomic E-state index is 0. The number of piperazine rings is 1. The molecule has 0 aromatic heterocycles. The van der Waals surface area contributed by atoms with Gasteiger partial charge in [0.15, 0.2) is 0 Å². The van der Waals surface area contributed by atoms with Gasteiger partial charge >= 0.3 is 0 Å². The number of halogens is 2. The summed E-state index contributed by atoms with van der Waals surface area (Å²) in [5, 5.41) is 6.91. The van der Waals surface area contributed by atoms with Crippen molar-refractivity contribution in [1.82, 2.24) is 10.2 Å². The predicted molar refractivity (Wildman–Crippen MR) is 107 cm³/mol. The zero-order valence-electron chi connectivity index (χ0n) is 15.3. The summed E-state index contributed by atoms with van der Waals surface area (Å²) in [4.78, 5) is 14.8. The number of nitrogens with zero attached hydrogens (tertiary/aromatic N) is 1. The zero-order chi connectivity index (χ0) is 16.3. The highest BCUT2D eigenvalue weighted by molar-refractivity contribution is 5.97. The van der Waals surface area contributed by atoms with Gasteiger partial charge in [0.2, 0.25) is 0 Å². The fourth-order valence-corrected chi connectivity index (χ4v) is 2.72. The maximum Gasteiger partial charge on any atom is 0.254 e. The first-order chi connectivity index (χ1) is 10.4. The Morgan fingerprint density at radius 1 is 1.29 bits per heavy atom. The molecule has 24 heavy (non-hydrogen) atoms. The number of carbonyl (C=O) groups is 1. The summed E-state index contributed by atoms with van der Waals surface area (Å²) in [6.45, 7) is 13.2. The summed E-state index contributed by atoms with van der Waals surface area (Å²) in [6.07, 6.45) is 0. The van der Waals surface area contributed by atoms with Gasteiger partial charge in [-0.2, -0.15) is 0 Å². The van der Waals surface area contributed by atoms with E-state index in [-0.39, 0.29) is 30.7 Å². The van der Waals surface area contributed by atoms with Crippen LogP contribution in [0.1, 0.15) is 43.6 Å². The summed E-state index contributed by atoms with van der Waals surface area (Å²) >= 11 is 0. The molecule has 2 atom stereocenters. The number of anilines is 1. The maximum absolute atomic E-state index is 12.8. The van der Waals surface area contributed by atoms with Gasteiger partial charge in [-0.15, -0.1) is 24.8 Å². The largest absolute Gasteiger partial charge is 0.382 e. The number of carbonyl (C=O) groups excluding carboxylic acids is 1. The van der Waals surface area contributed by atoms with Crippen LogP contribution in [-0.4, -0.2) is 42.5 Å². The molecule has 0 radical (unpaired) electrons. The highest BCUT2D eigenvalue weighted by atomic mass is 35.5. The van der Waals surface area contributed by atoms with E-state index in [1.165, 1.54) is 0 Å². The minimum atomic E-state index is 0. The number of benzene rings is 1. The number of hydrogen-bond donors (Lipinski definition) is 2. The van der Waals surface area contributed by atoms with Crippen molar-refractivity contribution in [2.45, 2.75) is 46.7 Å². The third-order valence-corrected chi connectivity index (χ3v) is 4.60. The molecule has 1 aliphatic heterocycles. The lowest BCUT2D eigenvalue weighted by Gasteiger charge is -2.32. The fraction of sp³-hybridized carbons (Fsp3) is 0.611. The molecule has 1 fully saturated rings. The van der Waals surface area contributed by atoms with E-state index in [9.17, 15) is 4.79 Å². The molecule has 0 aliphatic carbocycles. The number of amides is 1. The molecule has 2 unspecified atom stereocenters. The molecule has 1 saturated heterocycles. The van der Waals surface area contributed by atoms with E-state index in [0.717, 1.165) is 36.4 Å². The Hall–Kier alpha value is -0.970. The Bertz CT molecular complexity index is 537. The molecule has 1 heterocycles. The molecule has 6 heteroatoms. The quantitative estimate of drug-likeness (QED) is 0.842. The monoisotopic (exact) mass is 375 g/mol. The van der Waals surface area contributed by atoms with Crippen LogP contribution in [0.3, 0.4) is 0 Å². The van der Waals surface area contributed by atoms with Crippen molar-refractivity contribution in [2.75, 3.05) is 25.0 Å².